The van der Waals surface area contributed by atoms with Crippen LogP contribution in [0.25, 0.3) is 0 Å². The van der Waals surface area contributed by atoms with Crippen molar-refractivity contribution in [2.45, 2.75) is 59.4 Å². The third-order valence-corrected chi connectivity index (χ3v) is 5.71. The summed E-state index contributed by atoms with van der Waals surface area (Å²) >= 11 is 0. The average Bonchev–Trinajstić information content (AvgIpc) is 2.51. The smallest absolute Gasteiger partial charge is 0.319 e. The van der Waals surface area contributed by atoms with Crippen LogP contribution in [0.5, 0.6) is 0 Å². The molecule has 1 saturated carbocycles. The predicted octanol–water partition coefficient (Wildman–Crippen LogP) is 2.66. The first-order chi connectivity index (χ1) is 9.89. The van der Waals surface area contributed by atoms with E-state index in [-0.39, 0.29) is 5.97 Å². The highest BCUT2D eigenvalue weighted by Gasteiger charge is 2.39. The summed E-state index contributed by atoms with van der Waals surface area (Å²) in [5.74, 6) is 1.06. The predicted molar refractivity (Wildman–Crippen MR) is 87.0 cm³/mol. The molecule has 0 aromatic rings. The maximum absolute atomic E-state index is 11.7. The van der Waals surface area contributed by atoms with Gasteiger partial charge in [0, 0.05) is 6.04 Å². The summed E-state index contributed by atoms with van der Waals surface area (Å²) in [4.78, 5) is 13.9. The van der Waals surface area contributed by atoms with E-state index in [1.807, 2.05) is 0 Å². The first-order valence-electron chi connectivity index (χ1n) is 8.40. The van der Waals surface area contributed by atoms with Gasteiger partial charge in [-0.15, -0.1) is 0 Å². The summed E-state index contributed by atoms with van der Waals surface area (Å²) < 4.78 is 4.85. The van der Waals surface area contributed by atoms with Crippen molar-refractivity contribution in [3.8, 4) is 0 Å². The van der Waals surface area contributed by atoms with E-state index in [0.29, 0.717) is 36.4 Å². The fourth-order valence-electron chi connectivity index (χ4n) is 3.62. The monoisotopic (exact) mass is 298 g/mol. The van der Waals surface area contributed by atoms with Crippen LogP contribution in [0.2, 0.25) is 0 Å². The first kappa shape index (κ1) is 18.4. The van der Waals surface area contributed by atoms with Gasteiger partial charge in [-0.1, -0.05) is 34.1 Å². The lowest BCUT2D eigenvalue weighted by molar-refractivity contribution is -0.143. The van der Waals surface area contributed by atoms with E-state index in [9.17, 15) is 4.79 Å². The van der Waals surface area contributed by atoms with Crippen LogP contribution in [-0.2, 0) is 9.53 Å². The fourth-order valence-corrected chi connectivity index (χ4v) is 3.62. The quantitative estimate of drug-likeness (QED) is 0.734. The van der Waals surface area contributed by atoms with Crippen LogP contribution in [0.4, 0.5) is 0 Å². The van der Waals surface area contributed by atoms with Crippen LogP contribution >= 0.6 is 0 Å². The third kappa shape index (κ3) is 4.68. The minimum Gasteiger partial charge on any atom is -0.468 e. The first-order valence-corrected chi connectivity index (χ1v) is 8.40. The van der Waals surface area contributed by atoms with Gasteiger partial charge in [0.15, 0.2) is 0 Å². The number of hydrogen-bond acceptors (Lipinski definition) is 4. The minimum absolute atomic E-state index is 0.149. The molecule has 3 atom stereocenters. The van der Waals surface area contributed by atoms with Gasteiger partial charge in [0.2, 0.25) is 0 Å². The maximum atomic E-state index is 11.7. The highest BCUT2D eigenvalue weighted by Crippen LogP contribution is 2.43. The van der Waals surface area contributed by atoms with Crippen molar-refractivity contribution in [1.29, 1.82) is 0 Å². The Bertz CT molecular complexity index is 331. The number of methoxy groups -OCH3 is 1. The van der Waals surface area contributed by atoms with Gasteiger partial charge in [0.1, 0.15) is 0 Å². The summed E-state index contributed by atoms with van der Waals surface area (Å²) in [6.07, 6.45) is 4.77. The normalized spacial score (nSPS) is 26.9. The number of ether oxygens (including phenoxy) is 1. The summed E-state index contributed by atoms with van der Waals surface area (Å²) in [5.41, 5.74) is 6.36. The van der Waals surface area contributed by atoms with E-state index < -0.39 is 0 Å². The highest BCUT2D eigenvalue weighted by atomic mass is 16.5. The second-order valence-corrected chi connectivity index (χ2v) is 7.05. The number of hydrogen-bond donors (Lipinski definition) is 1. The van der Waals surface area contributed by atoms with E-state index in [4.69, 9.17) is 10.5 Å². The Morgan fingerprint density at radius 2 is 2.00 bits per heavy atom. The number of rotatable bonds is 7. The molecular formula is C17H34N2O2. The molecule has 124 valence electrons. The van der Waals surface area contributed by atoms with Gasteiger partial charge in [-0.05, 0) is 49.6 Å². The van der Waals surface area contributed by atoms with E-state index in [1.54, 1.807) is 0 Å². The summed E-state index contributed by atoms with van der Waals surface area (Å²) in [6.45, 7) is 11.1. The Morgan fingerprint density at radius 3 is 2.48 bits per heavy atom. The average molecular weight is 298 g/mol. The molecule has 4 heteroatoms. The number of nitrogens with two attached hydrogens (primary N) is 1. The summed E-state index contributed by atoms with van der Waals surface area (Å²) in [6, 6.07) is 0.406. The largest absolute Gasteiger partial charge is 0.468 e. The van der Waals surface area contributed by atoms with Crippen LogP contribution in [0.15, 0.2) is 0 Å². The molecule has 0 aromatic carbocycles. The van der Waals surface area contributed by atoms with Crippen molar-refractivity contribution in [3.05, 3.63) is 0 Å². The number of esters is 1. The number of likely N-dealkylation sites (N-methyl/N-ethyl adjacent to an activating group) is 1. The lowest BCUT2D eigenvalue weighted by Crippen LogP contribution is -2.50. The second kappa shape index (κ2) is 8.14. The molecule has 21 heavy (non-hydrogen) atoms. The van der Waals surface area contributed by atoms with Gasteiger partial charge in [0.25, 0.3) is 0 Å². The molecule has 0 amide bonds. The number of nitrogens with zero attached hydrogens (tertiary/aromatic N) is 1. The van der Waals surface area contributed by atoms with Gasteiger partial charge >= 0.3 is 5.97 Å². The molecule has 4 nitrogen and oxygen atoms in total. The molecule has 0 bridgehead atoms. The van der Waals surface area contributed by atoms with E-state index >= 15 is 0 Å². The van der Waals surface area contributed by atoms with Crippen molar-refractivity contribution in [2.75, 3.05) is 26.7 Å². The van der Waals surface area contributed by atoms with Gasteiger partial charge in [-0.25, -0.2) is 0 Å². The Balaban J connectivity index is 2.84. The van der Waals surface area contributed by atoms with Crippen LogP contribution in [0.1, 0.15) is 53.4 Å². The summed E-state index contributed by atoms with van der Waals surface area (Å²) in [7, 11) is 1.46. The molecule has 1 fully saturated rings. The SMILES string of the molecule is CCN(CC(=O)OC)C1CC(C(C)(C)CC)CCC1CN. The molecule has 0 aromatic heterocycles. The van der Waals surface area contributed by atoms with Crippen LogP contribution in [-0.4, -0.2) is 43.7 Å². The standard InChI is InChI=1S/C17H34N2O2/c1-6-17(3,4)14-9-8-13(11-18)15(10-14)19(7-2)12-16(20)21-5/h13-15H,6-12,18H2,1-5H3. The van der Waals surface area contributed by atoms with Crippen molar-refractivity contribution in [1.82, 2.24) is 4.90 Å². The molecule has 0 spiro atoms. The highest BCUT2D eigenvalue weighted by molar-refractivity contribution is 5.71. The van der Waals surface area contributed by atoms with Crippen molar-refractivity contribution < 1.29 is 9.53 Å². The molecule has 1 aliphatic carbocycles. The van der Waals surface area contributed by atoms with Gasteiger partial charge in [0.05, 0.1) is 13.7 Å². The fraction of sp³-hybridized carbons (Fsp3) is 0.941. The topological polar surface area (TPSA) is 55.6 Å². The Kier molecular flexibility index (Phi) is 7.14. The van der Waals surface area contributed by atoms with Crippen LogP contribution < -0.4 is 5.73 Å². The van der Waals surface area contributed by atoms with E-state index in [1.165, 1.54) is 26.4 Å². The summed E-state index contributed by atoms with van der Waals surface area (Å²) in [5, 5.41) is 0. The van der Waals surface area contributed by atoms with Gasteiger partial charge < -0.3 is 10.5 Å². The Hall–Kier alpha value is -0.610. The zero-order chi connectivity index (χ0) is 16.0. The molecule has 0 radical (unpaired) electrons. The number of carbonyl (C=O) groups is 1. The Labute approximate surface area is 130 Å². The van der Waals surface area contributed by atoms with Gasteiger partial charge in [-0.3, -0.25) is 9.69 Å². The maximum Gasteiger partial charge on any atom is 0.319 e. The van der Waals surface area contributed by atoms with Crippen molar-refractivity contribution in [3.63, 3.8) is 0 Å². The van der Waals surface area contributed by atoms with Crippen LogP contribution in [0, 0.1) is 17.3 Å². The van der Waals surface area contributed by atoms with Crippen molar-refractivity contribution >= 4 is 5.97 Å². The van der Waals surface area contributed by atoms with E-state index in [2.05, 4.69) is 32.6 Å². The zero-order valence-corrected chi connectivity index (χ0v) is 14.5. The number of carbonyl (C=O) groups excluding carboxylic acids is 1. The molecule has 3 unspecified atom stereocenters. The molecule has 1 rings (SSSR count). The van der Waals surface area contributed by atoms with Crippen LogP contribution in [0.3, 0.4) is 0 Å². The lowest BCUT2D eigenvalue weighted by Gasteiger charge is -2.46. The second-order valence-electron chi connectivity index (χ2n) is 7.05. The molecule has 1 aliphatic rings. The van der Waals surface area contributed by atoms with Crippen molar-refractivity contribution in [2.24, 2.45) is 23.0 Å². The molecular weight excluding hydrogens is 264 g/mol. The molecule has 2 N–H and O–H groups in total. The molecule has 0 heterocycles. The minimum atomic E-state index is -0.149. The van der Waals surface area contributed by atoms with Gasteiger partial charge in [-0.2, -0.15) is 0 Å². The Morgan fingerprint density at radius 1 is 1.33 bits per heavy atom. The van der Waals surface area contributed by atoms with E-state index in [0.717, 1.165) is 13.0 Å². The molecule has 0 saturated heterocycles. The molecule has 0 aliphatic heterocycles. The lowest BCUT2D eigenvalue weighted by atomic mass is 9.65. The third-order valence-electron chi connectivity index (χ3n) is 5.71. The zero-order valence-electron chi connectivity index (χ0n) is 14.5.